The lowest BCUT2D eigenvalue weighted by Crippen LogP contribution is -2.32. The number of aromatic nitrogens is 3. The van der Waals surface area contributed by atoms with E-state index >= 15 is 0 Å². The molecular formula is C30H35N5O2. The van der Waals surface area contributed by atoms with Crippen LogP contribution >= 0.6 is 0 Å². The van der Waals surface area contributed by atoms with E-state index in [-0.39, 0.29) is 11.5 Å². The largest absolute Gasteiger partial charge is 0.336 e. The van der Waals surface area contributed by atoms with Gasteiger partial charge in [-0.15, -0.1) is 0 Å². The first-order valence-electron chi connectivity index (χ1n) is 13.1. The van der Waals surface area contributed by atoms with Crippen LogP contribution in [0.15, 0.2) is 65.6 Å². The quantitative estimate of drug-likeness (QED) is 0.396. The molecule has 0 radical (unpaired) electrons. The van der Waals surface area contributed by atoms with E-state index in [9.17, 15) is 9.59 Å². The van der Waals surface area contributed by atoms with E-state index < -0.39 is 6.04 Å². The zero-order valence-electron chi connectivity index (χ0n) is 22.1. The Labute approximate surface area is 217 Å². The van der Waals surface area contributed by atoms with Crippen LogP contribution in [-0.2, 0) is 11.3 Å². The maximum absolute atomic E-state index is 13.4. The third kappa shape index (κ3) is 4.96. The molecule has 1 saturated heterocycles. The molecule has 1 atom stereocenters. The highest BCUT2D eigenvalue weighted by Crippen LogP contribution is 2.27. The van der Waals surface area contributed by atoms with Gasteiger partial charge in [-0.3, -0.25) is 14.5 Å². The number of nitrogens with zero attached hydrogens (tertiary/aromatic N) is 4. The van der Waals surface area contributed by atoms with Crippen LogP contribution in [0.3, 0.4) is 0 Å². The van der Waals surface area contributed by atoms with Crippen molar-refractivity contribution >= 4 is 22.4 Å². The topological polar surface area (TPSA) is 72.2 Å². The van der Waals surface area contributed by atoms with Crippen molar-refractivity contribution in [1.82, 2.24) is 19.2 Å². The smallest absolute Gasteiger partial charge is 0.281 e. The second kappa shape index (κ2) is 10.3. The number of benzene rings is 2. The van der Waals surface area contributed by atoms with Crippen LogP contribution in [0.25, 0.3) is 16.5 Å². The number of amides is 1. The molecule has 0 unspecified atom stereocenters. The molecule has 5 rings (SSSR count). The minimum atomic E-state index is -0.494. The standard InChI is InChI=1S/C30H35N5O2/c1-20-14-16-33(17-15-20)19-24-10-12-25(13-11-24)32-29(36)23(4)34-21(2)27-18-31-35(26-8-6-5-7-9-26)30(37)28(27)22(34)3/h5-13,18,20,23H,14-17,19H2,1-4H3,(H,32,36)/t23-/m0/s1. The summed E-state index contributed by atoms with van der Waals surface area (Å²) in [6.07, 6.45) is 4.24. The second-order valence-electron chi connectivity index (χ2n) is 10.3. The number of para-hydroxylation sites is 1. The predicted molar refractivity (Wildman–Crippen MR) is 148 cm³/mol. The van der Waals surface area contributed by atoms with Crippen molar-refractivity contribution in [3.63, 3.8) is 0 Å². The van der Waals surface area contributed by atoms with Crippen molar-refractivity contribution in [3.05, 3.63) is 88.1 Å². The number of piperidine rings is 1. The van der Waals surface area contributed by atoms with Gasteiger partial charge in [0.15, 0.2) is 0 Å². The first-order valence-corrected chi connectivity index (χ1v) is 13.1. The highest BCUT2D eigenvalue weighted by Gasteiger charge is 2.24. The highest BCUT2D eigenvalue weighted by atomic mass is 16.2. The molecule has 1 aliphatic heterocycles. The van der Waals surface area contributed by atoms with Crippen LogP contribution in [-0.4, -0.2) is 38.2 Å². The molecule has 2 aromatic heterocycles. The molecule has 7 heteroatoms. The van der Waals surface area contributed by atoms with Gasteiger partial charge in [0.1, 0.15) is 6.04 Å². The summed E-state index contributed by atoms with van der Waals surface area (Å²) in [5.41, 5.74) is 4.17. The van der Waals surface area contributed by atoms with Crippen molar-refractivity contribution < 1.29 is 4.79 Å². The van der Waals surface area contributed by atoms with Crippen LogP contribution in [0, 0.1) is 19.8 Å². The Balaban J connectivity index is 1.34. The van der Waals surface area contributed by atoms with Crippen LogP contribution in [0.5, 0.6) is 0 Å². The number of likely N-dealkylation sites (tertiary alicyclic amines) is 1. The number of carbonyl (C=O) groups excluding carboxylic acids is 1. The SMILES string of the molecule is Cc1c2cnn(-c3ccccc3)c(=O)c2c(C)n1[C@@H](C)C(=O)Nc1ccc(CN2CCC(C)CC2)cc1. The van der Waals surface area contributed by atoms with E-state index in [4.69, 9.17) is 0 Å². The van der Waals surface area contributed by atoms with Gasteiger partial charge in [0.05, 0.1) is 17.3 Å². The van der Waals surface area contributed by atoms with Crippen LogP contribution in [0.1, 0.15) is 49.7 Å². The molecule has 1 amide bonds. The Morgan fingerprint density at radius 3 is 2.38 bits per heavy atom. The molecule has 3 heterocycles. The third-order valence-electron chi connectivity index (χ3n) is 7.72. The van der Waals surface area contributed by atoms with Crippen LogP contribution in [0.4, 0.5) is 5.69 Å². The number of anilines is 1. The van der Waals surface area contributed by atoms with Gasteiger partial charge in [0.2, 0.25) is 5.91 Å². The fourth-order valence-corrected chi connectivity index (χ4v) is 5.45. The molecule has 0 bridgehead atoms. The molecule has 1 fully saturated rings. The first kappa shape index (κ1) is 25.0. The molecule has 37 heavy (non-hydrogen) atoms. The molecule has 192 valence electrons. The maximum atomic E-state index is 13.4. The molecule has 2 aromatic carbocycles. The van der Waals surface area contributed by atoms with Crippen LogP contribution < -0.4 is 10.9 Å². The molecule has 1 aliphatic rings. The molecule has 1 N–H and O–H groups in total. The fraction of sp³-hybridized carbons (Fsp3) is 0.367. The van der Waals surface area contributed by atoms with Gasteiger partial charge in [-0.25, -0.2) is 0 Å². The normalized spacial score (nSPS) is 15.7. The van der Waals surface area contributed by atoms with E-state index in [2.05, 4.69) is 34.4 Å². The Bertz CT molecular complexity index is 1460. The second-order valence-corrected chi connectivity index (χ2v) is 10.3. The molecule has 7 nitrogen and oxygen atoms in total. The van der Waals surface area contributed by atoms with Gasteiger partial charge in [-0.05, 0) is 82.4 Å². The van der Waals surface area contributed by atoms with Crippen molar-refractivity contribution in [2.45, 2.75) is 53.1 Å². The van der Waals surface area contributed by atoms with Gasteiger partial charge in [0.25, 0.3) is 5.56 Å². The number of fused-ring (bicyclic) bond motifs is 1. The van der Waals surface area contributed by atoms with Crippen molar-refractivity contribution in [2.75, 3.05) is 18.4 Å². The zero-order chi connectivity index (χ0) is 26.1. The Morgan fingerprint density at radius 1 is 1.03 bits per heavy atom. The lowest BCUT2D eigenvalue weighted by molar-refractivity contribution is -0.118. The average Bonchev–Trinajstić information content (AvgIpc) is 3.16. The van der Waals surface area contributed by atoms with Gasteiger partial charge in [-0.1, -0.05) is 37.3 Å². The maximum Gasteiger partial charge on any atom is 0.281 e. The summed E-state index contributed by atoms with van der Waals surface area (Å²) in [6, 6.07) is 17.0. The third-order valence-corrected chi connectivity index (χ3v) is 7.72. The van der Waals surface area contributed by atoms with Crippen LogP contribution in [0.2, 0.25) is 0 Å². The number of nitrogens with one attached hydrogen (secondary N) is 1. The summed E-state index contributed by atoms with van der Waals surface area (Å²) >= 11 is 0. The predicted octanol–water partition coefficient (Wildman–Crippen LogP) is 5.24. The van der Waals surface area contributed by atoms with E-state index in [1.54, 1.807) is 6.20 Å². The summed E-state index contributed by atoms with van der Waals surface area (Å²) < 4.78 is 3.35. The lowest BCUT2D eigenvalue weighted by Gasteiger charge is -2.30. The van der Waals surface area contributed by atoms with Crippen molar-refractivity contribution in [1.29, 1.82) is 0 Å². The molecule has 0 spiro atoms. The van der Waals surface area contributed by atoms with E-state index in [0.717, 1.165) is 48.0 Å². The summed E-state index contributed by atoms with van der Waals surface area (Å²) in [4.78, 5) is 29.1. The average molecular weight is 498 g/mol. The summed E-state index contributed by atoms with van der Waals surface area (Å²) in [6.45, 7) is 11.3. The monoisotopic (exact) mass is 497 g/mol. The number of rotatable bonds is 6. The number of aryl methyl sites for hydroxylation is 2. The van der Waals surface area contributed by atoms with E-state index in [1.165, 1.54) is 23.1 Å². The summed E-state index contributed by atoms with van der Waals surface area (Å²) in [5, 5.41) is 8.82. The number of carbonyl (C=O) groups is 1. The number of hydrogen-bond donors (Lipinski definition) is 1. The lowest BCUT2D eigenvalue weighted by atomic mass is 9.99. The van der Waals surface area contributed by atoms with Gasteiger partial charge < -0.3 is 9.88 Å². The molecule has 0 aliphatic carbocycles. The highest BCUT2D eigenvalue weighted by molar-refractivity contribution is 5.95. The van der Waals surface area contributed by atoms with Gasteiger partial charge in [0, 0.05) is 29.0 Å². The molecule has 0 saturated carbocycles. The van der Waals surface area contributed by atoms with Gasteiger partial charge in [-0.2, -0.15) is 9.78 Å². The first-order chi connectivity index (χ1) is 17.8. The van der Waals surface area contributed by atoms with Crippen molar-refractivity contribution in [3.8, 4) is 5.69 Å². The zero-order valence-corrected chi connectivity index (χ0v) is 22.1. The molecule has 4 aromatic rings. The summed E-state index contributed by atoms with van der Waals surface area (Å²) in [7, 11) is 0. The minimum absolute atomic E-state index is 0.124. The Kier molecular flexibility index (Phi) is 6.98. The van der Waals surface area contributed by atoms with Gasteiger partial charge >= 0.3 is 0 Å². The van der Waals surface area contributed by atoms with Crippen molar-refractivity contribution in [2.24, 2.45) is 5.92 Å². The Hall–Kier alpha value is -3.71. The molecular weight excluding hydrogens is 462 g/mol. The fourth-order valence-electron chi connectivity index (χ4n) is 5.45. The van der Waals surface area contributed by atoms with E-state index in [0.29, 0.717) is 11.1 Å². The minimum Gasteiger partial charge on any atom is -0.336 e. The van der Waals surface area contributed by atoms with E-state index in [1.807, 2.05) is 67.8 Å². The Morgan fingerprint density at radius 2 is 1.70 bits per heavy atom. The summed E-state index contributed by atoms with van der Waals surface area (Å²) in [5.74, 6) is 0.697. The number of hydrogen-bond acceptors (Lipinski definition) is 4.